The van der Waals surface area contributed by atoms with Crippen LogP contribution in [0.2, 0.25) is 5.02 Å². The lowest BCUT2D eigenvalue weighted by Crippen LogP contribution is -2.63. The monoisotopic (exact) mass is 675 g/mol. The first kappa shape index (κ1) is 35.2. The number of piperidine rings is 1. The van der Waals surface area contributed by atoms with Gasteiger partial charge >= 0.3 is 12.1 Å². The fourth-order valence-corrected chi connectivity index (χ4v) is 7.21. The third kappa shape index (κ3) is 7.46. The number of halogens is 1. The molecular formula is C34H46ClN3O9. The average molecular weight is 676 g/mol. The van der Waals surface area contributed by atoms with E-state index in [0.29, 0.717) is 43.8 Å². The van der Waals surface area contributed by atoms with Gasteiger partial charge in [0.15, 0.2) is 5.72 Å². The number of epoxide rings is 1. The molecule has 0 saturated carbocycles. The van der Waals surface area contributed by atoms with E-state index in [1.807, 2.05) is 32.1 Å². The standard InChI is InChI=1S/C34H46ClN3O9/c1-19-8-7-9-26(44-6)34(42)18-25(45-32(41)37-34)20(2)30-33(3,47-30)27(46-31(40)22-10-12-36-13-11-22)17-28(39)38(4)23-15-21(14-19)16-24(43-5)29(23)35/h7-9,15-16,20,22,25-27,30,36,42H,10-14,17-18H2,1-6H3,(H,37,41)/b9-7+,19-8+/t20-,25+,26?,27+,30+,33?,34+/m1/s1. The number of amides is 2. The molecule has 5 rings (SSSR count). The van der Waals surface area contributed by atoms with Crippen molar-refractivity contribution in [2.75, 3.05) is 39.3 Å². The molecule has 1 aromatic carbocycles. The zero-order chi connectivity index (χ0) is 34.1. The molecule has 4 aliphatic heterocycles. The number of anilines is 1. The summed E-state index contributed by atoms with van der Waals surface area (Å²) in [6.45, 7) is 6.99. The third-order valence-corrected chi connectivity index (χ3v) is 10.3. The molecule has 3 N–H and O–H groups in total. The highest BCUT2D eigenvalue weighted by atomic mass is 35.5. The number of hydrogen-bond acceptors (Lipinski definition) is 10. The van der Waals surface area contributed by atoms with Gasteiger partial charge in [0.05, 0.1) is 31.2 Å². The Morgan fingerprint density at radius 3 is 2.60 bits per heavy atom. The number of rotatable bonds is 4. The fourth-order valence-electron chi connectivity index (χ4n) is 6.90. The molecule has 4 heterocycles. The van der Waals surface area contributed by atoms with Gasteiger partial charge in [0.25, 0.3) is 0 Å². The molecule has 2 unspecified atom stereocenters. The van der Waals surface area contributed by atoms with Crippen LogP contribution in [0.5, 0.6) is 5.75 Å². The molecule has 4 aliphatic rings. The first-order chi connectivity index (χ1) is 22.3. The predicted octanol–water partition coefficient (Wildman–Crippen LogP) is 3.67. The van der Waals surface area contributed by atoms with Gasteiger partial charge in [-0.1, -0.05) is 42.3 Å². The molecule has 0 aliphatic carbocycles. The average Bonchev–Trinajstić information content (AvgIpc) is 3.74. The number of methoxy groups -OCH3 is 2. The van der Waals surface area contributed by atoms with Crippen LogP contribution < -0.4 is 20.3 Å². The van der Waals surface area contributed by atoms with Crippen LogP contribution in [0.3, 0.4) is 0 Å². The van der Waals surface area contributed by atoms with Crippen molar-refractivity contribution in [2.45, 2.75) is 88.6 Å². The topological polar surface area (TPSA) is 148 Å². The lowest BCUT2D eigenvalue weighted by molar-refractivity contribution is -0.159. The molecule has 0 aromatic heterocycles. The van der Waals surface area contributed by atoms with Crippen LogP contribution in [-0.4, -0.2) is 93.2 Å². The van der Waals surface area contributed by atoms with Crippen molar-refractivity contribution in [3.8, 4) is 5.75 Å². The van der Waals surface area contributed by atoms with E-state index in [2.05, 4.69) is 10.6 Å². The number of nitrogens with one attached hydrogen (secondary N) is 2. The highest BCUT2D eigenvalue weighted by Crippen LogP contribution is 2.49. The molecule has 13 heteroatoms. The van der Waals surface area contributed by atoms with Gasteiger partial charge in [-0.2, -0.15) is 0 Å². The molecular weight excluding hydrogens is 630 g/mol. The van der Waals surface area contributed by atoms with Crippen molar-refractivity contribution in [1.29, 1.82) is 0 Å². The second-order valence-corrected chi connectivity index (χ2v) is 13.6. The summed E-state index contributed by atoms with van der Waals surface area (Å²) in [5.74, 6) is -1.04. The van der Waals surface area contributed by atoms with E-state index in [1.54, 1.807) is 26.1 Å². The number of aliphatic hydroxyl groups is 1. The lowest BCUT2D eigenvalue weighted by atomic mass is 9.83. The molecule has 2 amide bonds. The molecule has 3 fully saturated rings. The molecule has 0 spiro atoms. The van der Waals surface area contributed by atoms with Crippen molar-refractivity contribution in [3.05, 3.63) is 46.5 Å². The van der Waals surface area contributed by atoms with Gasteiger partial charge in [0.2, 0.25) is 5.91 Å². The van der Waals surface area contributed by atoms with E-state index in [9.17, 15) is 19.5 Å². The second-order valence-electron chi connectivity index (χ2n) is 13.2. The van der Waals surface area contributed by atoms with Gasteiger partial charge in [0.1, 0.15) is 34.7 Å². The highest BCUT2D eigenvalue weighted by Gasteiger charge is 2.64. The number of hydrogen-bond donors (Lipinski definition) is 3. The molecule has 1 aromatic rings. The molecule has 47 heavy (non-hydrogen) atoms. The van der Waals surface area contributed by atoms with Crippen LogP contribution in [0.4, 0.5) is 10.5 Å². The van der Waals surface area contributed by atoms with E-state index in [4.69, 9.17) is 35.3 Å². The Kier molecular flexibility index (Phi) is 10.6. The Hall–Kier alpha value is -3.16. The van der Waals surface area contributed by atoms with Gasteiger partial charge < -0.3 is 39.0 Å². The number of esters is 1. The van der Waals surface area contributed by atoms with E-state index in [-0.39, 0.29) is 35.7 Å². The Balaban J connectivity index is 1.54. The maximum absolute atomic E-state index is 14.0. The number of allylic oxidation sites excluding steroid dienone is 3. The van der Waals surface area contributed by atoms with Crippen molar-refractivity contribution in [2.24, 2.45) is 11.8 Å². The number of benzene rings is 1. The Morgan fingerprint density at radius 2 is 1.91 bits per heavy atom. The van der Waals surface area contributed by atoms with E-state index in [0.717, 1.165) is 11.1 Å². The third-order valence-electron chi connectivity index (χ3n) is 9.88. The van der Waals surface area contributed by atoms with Crippen molar-refractivity contribution < 1.29 is 43.2 Å². The zero-order valence-corrected chi connectivity index (χ0v) is 28.6. The van der Waals surface area contributed by atoms with E-state index >= 15 is 0 Å². The highest BCUT2D eigenvalue weighted by molar-refractivity contribution is 6.35. The first-order valence-corrected chi connectivity index (χ1v) is 16.5. The molecule has 3 saturated heterocycles. The van der Waals surface area contributed by atoms with Crippen molar-refractivity contribution in [3.63, 3.8) is 0 Å². The zero-order valence-electron chi connectivity index (χ0n) is 27.8. The molecule has 12 nitrogen and oxygen atoms in total. The SMILES string of the molecule is COc1cc2cc(c1Cl)N(C)C(=O)C[C@H](OC(=O)C1CCNCC1)C1(C)O[C@H]1[C@H](C)[C@@H]1C[C@@](O)(NC(=O)O1)C(OC)/C=C/C=C(\C)C2. The van der Waals surface area contributed by atoms with Crippen LogP contribution in [0, 0.1) is 11.8 Å². The number of fused-ring (bicyclic) bond motifs is 5. The maximum atomic E-state index is 14.0. The number of carbonyl (C=O) groups is 3. The predicted molar refractivity (Wildman–Crippen MR) is 174 cm³/mol. The summed E-state index contributed by atoms with van der Waals surface area (Å²) >= 11 is 6.74. The van der Waals surface area contributed by atoms with Gasteiger partial charge in [-0.25, -0.2) is 4.79 Å². The van der Waals surface area contributed by atoms with Crippen LogP contribution in [0.15, 0.2) is 35.9 Å². The van der Waals surface area contributed by atoms with Gasteiger partial charge in [0, 0.05) is 26.5 Å². The van der Waals surface area contributed by atoms with Gasteiger partial charge in [-0.15, -0.1) is 0 Å². The normalized spacial score (nSPS) is 35.4. The van der Waals surface area contributed by atoms with E-state index in [1.165, 1.54) is 19.1 Å². The minimum atomic E-state index is -1.77. The summed E-state index contributed by atoms with van der Waals surface area (Å²) in [7, 11) is 4.60. The summed E-state index contributed by atoms with van der Waals surface area (Å²) in [5, 5.41) is 17.7. The summed E-state index contributed by atoms with van der Waals surface area (Å²) in [5.41, 5.74) is -0.573. The van der Waals surface area contributed by atoms with Gasteiger partial charge in [-0.3, -0.25) is 14.9 Å². The summed E-state index contributed by atoms with van der Waals surface area (Å²) in [4.78, 5) is 41.6. The van der Waals surface area contributed by atoms with Crippen molar-refractivity contribution in [1.82, 2.24) is 10.6 Å². The van der Waals surface area contributed by atoms with Crippen LogP contribution in [0.25, 0.3) is 0 Å². The smallest absolute Gasteiger partial charge is 0.409 e. The summed E-state index contributed by atoms with van der Waals surface area (Å²) < 4.78 is 29.2. The largest absolute Gasteiger partial charge is 0.495 e. The minimum absolute atomic E-state index is 0.00666. The second kappa shape index (κ2) is 14.1. The number of alkyl carbamates (subject to hydrolysis) is 1. The Morgan fingerprint density at radius 1 is 1.19 bits per heavy atom. The lowest BCUT2D eigenvalue weighted by Gasteiger charge is -2.42. The number of carbonyl (C=O) groups excluding carboxylic acids is 3. The van der Waals surface area contributed by atoms with Gasteiger partial charge in [-0.05, 0) is 63.9 Å². The van der Waals surface area contributed by atoms with Crippen LogP contribution in [-0.2, 0) is 35.0 Å². The maximum Gasteiger partial charge on any atom is 0.409 e. The van der Waals surface area contributed by atoms with Crippen LogP contribution >= 0.6 is 11.6 Å². The van der Waals surface area contributed by atoms with E-state index < -0.39 is 47.8 Å². The summed E-state index contributed by atoms with van der Waals surface area (Å²) in [6.07, 6.45) is 2.96. The first-order valence-electron chi connectivity index (χ1n) is 16.1. The molecule has 4 bridgehead atoms. The summed E-state index contributed by atoms with van der Waals surface area (Å²) in [6, 6.07) is 3.66. The number of nitrogens with zero attached hydrogens (tertiary/aromatic N) is 1. The Bertz CT molecular complexity index is 1430. The fraction of sp³-hybridized carbons (Fsp3) is 0.618. The molecule has 0 radical (unpaired) electrons. The van der Waals surface area contributed by atoms with Crippen LogP contribution in [0.1, 0.15) is 52.0 Å². The minimum Gasteiger partial charge on any atom is -0.495 e. The number of ether oxygens (including phenoxy) is 5. The van der Waals surface area contributed by atoms with Crippen molar-refractivity contribution >= 4 is 35.3 Å². The quantitative estimate of drug-likeness (QED) is 0.319. The molecule has 7 atom stereocenters. The molecule has 258 valence electrons. The Labute approximate surface area is 280 Å².